The molecule has 2 aromatic rings. The van der Waals surface area contributed by atoms with Crippen LogP contribution in [0.15, 0.2) is 54.7 Å². The molecule has 5 nitrogen and oxygen atoms in total. The minimum Gasteiger partial charge on any atom is -0.259 e. The fourth-order valence-corrected chi connectivity index (χ4v) is 4.44. The van der Waals surface area contributed by atoms with Crippen molar-refractivity contribution in [1.82, 2.24) is 14.0 Å². The molecule has 128 valence electrons. The summed E-state index contributed by atoms with van der Waals surface area (Å²) in [6.07, 6.45) is 5.70. The molecule has 6 heteroatoms. The van der Waals surface area contributed by atoms with Gasteiger partial charge >= 0.3 is 0 Å². The minimum atomic E-state index is -3.56. The number of benzene rings is 1. The van der Waals surface area contributed by atoms with Crippen molar-refractivity contribution < 1.29 is 8.42 Å². The predicted molar refractivity (Wildman–Crippen MR) is 94.6 cm³/mol. The third-order valence-corrected chi connectivity index (χ3v) is 5.87. The molecular weight excluding hydrogens is 322 g/mol. The van der Waals surface area contributed by atoms with E-state index in [1.165, 1.54) is 0 Å². The summed E-state index contributed by atoms with van der Waals surface area (Å²) in [6, 6.07) is 14.6. The first-order valence-corrected chi connectivity index (χ1v) is 9.84. The molecule has 1 saturated heterocycles. The van der Waals surface area contributed by atoms with E-state index in [1.54, 1.807) is 10.5 Å². The molecule has 1 aliphatic rings. The lowest BCUT2D eigenvalue weighted by Crippen LogP contribution is -2.43. The van der Waals surface area contributed by atoms with Crippen LogP contribution in [0.2, 0.25) is 0 Å². The van der Waals surface area contributed by atoms with Crippen LogP contribution in [0.5, 0.6) is 0 Å². The molecule has 24 heavy (non-hydrogen) atoms. The van der Waals surface area contributed by atoms with Gasteiger partial charge in [0.05, 0.1) is 11.7 Å². The maximum atomic E-state index is 12.9. The molecule has 1 aliphatic heterocycles. The van der Waals surface area contributed by atoms with E-state index in [0.29, 0.717) is 18.8 Å². The van der Waals surface area contributed by atoms with E-state index in [9.17, 15) is 8.42 Å². The van der Waals surface area contributed by atoms with Crippen LogP contribution >= 0.6 is 0 Å². The highest BCUT2D eigenvalue weighted by atomic mass is 32.2. The molecule has 0 spiro atoms. The van der Waals surface area contributed by atoms with Gasteiger partial charge in [0.25, 0.3) is 10.2 Å². The fraction of sp³-hybridized carbons (Fsp3) is 0.389. The second-order valence-corrected chi connectivity index (χ2v) is 7.74. The van der Waals surface area contributed by atoms with Gasteiger partial charge in [-0.2, -0.15) is 17.4 Å². The van der Waals surface area contributed by atoms with Gasteiger partial charge in [-0.3, -0.25) is 4.98 Å². The highest BCUT2D eigenvalue weighted by Crippen LogP contribution is 2.22. The van der Waals surface area contributed by atoms with Crippen LogP contribution in [0.1, 0.15) is 43.0 Å². The Kier molecular flexibility index (Phi) is 5.60. The molecule has 0 radical (unpaired) electrons. The number of pyridine rings is 1. The Bertz CT molecular complexity index is 688. The van der Waals surface area contributed by atoms with Gasteiger partial charge in [0.15, 0.2) is 0 Å². The van der Waals surface area contributed by atoms with Crippen molar-refractivity contribution in [3.05, 3.63) is 66.0 Å². The molecular formula is C18H23N3O2S. The first-order valence-electron chi connectivity index (χ1n) is 8.40. The Morgan fingerprint density at radius 1 is 0.917 bits per heavy atom. The SMILES string of the molecule is O=S(=O)(N[C@@H](c1ccccc1)c1ccccn1)N1CCCCCC1. The van der Waals surface area contributed by atoms with Crippen LogP contribution in [0.25, 0.3) is 0 Å². The summed E-state index contributed by atoms with van der Waals surface area (Å²) in [5.41, 5.74) is 1.58. The molecule has 1 aromatic carbocycles. The number of nitrogens with one attached hydrogen (secondary N) is 1. The van der Waals surface area contributed by atoms with Crippen molar-refractivity contribution in [2.75, 3.05) is 13.1 Å². The van der Waals surface area contributed by atoms with Gasteiger partial charge in [-0.1, -0.05) is 49.2 Å². The molecule has 1 N–H and O–H groups in total. The Morgan fingerprint density at radius 3 is 2.21 bits per heavy atom. The fourth-order valence-electron chi connectivity index (χ4n) is 3.00. The maximum absolute atomic E-state index is 12.9. The molecule has 0 aliphatic carbocycles. The smallest absolute Gasteiger partial charge is 0.259 e. The largest absolute Gasteiger partial charge is 0.280 e. The summed E-state index contributed by atoms with van der Waals surface area (Å²) >= 11 is 0. The summed E-state index contributed by atoms with van der Waals surface area (Å²) in [5.74, 6) is 0. The van der Waals surface area contributed by atoms with E-state index < -0.39 is 16.3 Å². The van der Waals surface area contributed by atoms with Crippen molar-refractivity contribution in [1.29, 1.82) is 0 Å². The third-order valence-electron chi connectivity index (χ3n) is 4.29. The quantitative estimate of drug-likeness (QED) is 0.906. The number of aromatic nitrogens is 1. The van der Waals surface area contributed by atoms with Crippen molar-refractivity contribution in [2.45, 2.75) is 31.7 Å². The van der Waals surface area contributed by atoms with Gasteiger partial charge in [0.1, 0.15) is 0 Å². The van der Waals surface area contributed by atoms with Crippen LogP contribution in [0.4, 0.5) is 0 Å². The summed E-state index contributed by atoms with van der Waals surface area (Å²) in [6.45, 7) is 1.16. The second kappa shape index (κ2) is 7.88. The van der Waals surface area contributed by atoms with Gasteiger partial charge in [-0.05, 0) is 30.5 Å². The van der Waals surface area contributed by atoms with Crippen LogP contribution in [-0.2, 0) is 10.2 Å². The Balaban J connectivity index is 1.89. The molecule has 0 bridgehead atoms. The van der Waals surface area contributed by atoms with Crippen LogP contribution < -0.4 is 4.72 Å². The van der Waals surface area contributed by atoms with Gasteiger partial charge in [-0.25, -0.2) is 0 Å². The maximum Gasteiger partial charge on any atom is 0.280 e. The Hall–Kier alpha value is -1.76. The lowest BCUT2D eigenvalue weighted by Gasteiger charge is -2.25. The van der Waals surface area contributed by atoms with Crippen molar-refractivity contribution in [3.63, 3.8) is 0 Å². The first-order chi connectivity index (χ1) is 11.7. The third kappa shape index (κ3) is 4.20. The standard InChI is InChI=1S/C18H23N3O2S/c22-24(23,21-14-8-1-2-9-15-21)20-18(16-10-4-3-5-11-16)17-12-6-7-13-19-17/h3-7,10-13,18,20H,1-2,8-9,14-15H2/t18-/m0/s1. The average molecular weight is 345 g/mol. The monoisotopic (exact) mass is 345 g/mol. The number of rotatable bonds is 5. The summed E-state index contributed by atoms with van der Waals surface area (Å²) in [5, 5.41) is 0. The Morgan fingerprint density at radius 2 is 1.58 bits per heavy atom. The second-order valence-electron chi connectivity index (χ2n) is 6.03. The molecule has 0 unspecified atom stereocenters. The molecule has 3 rings (SSSR count). The Labute approximate surface area is 143 Å². The molecule has 1 aromatic heterocycles. The van der Waals surface area contributed by atoms with E-state index in [4.69, 9.17) is 0 Å². The van der Waals surface area contributed by atoms with Crippen LogP contribution in [-0.4, -0.2) is 30.8 Å². The lowest BCUT2D eigenvalue weighted by molar-refractivity contribution is 0.411. The zero-order valence-electron chi connectivity index (χ0n) is 13.6. The summed E-state index contributed by atoms with van der Waals surface area (Å²) in [7, 11) is -3.56. The molecule has 0 saturated carbocycles. The molecule has 1 fully saturated rings. The summed E-state index contributed by atoms with van der Waals surface area (Å²) < 4.78 is 30.2. The molecule has 0 amide bonds. The summed E-state index contributed by atoms with van der Waals surface area (Å²) in [4.78, 5) is 4.36. The van der Waals surface area contributed by atoms with E-state index in [2.05, 4.69) is 9.71 Å². The van der Waals surface area contributed by atoms with E-state index in [0.717, 1.165) is 31.2 Å². The van der Waals surface area contributed by atoms with Gasteiger partial charge in [-0.15, -0.1) is 0 Å². The highest BCUT2D eigenvalue weighted by Gasteiger charge is 2.28. The van der Waals surface area contributed by atoms with Gasteiger partial charge < -0.3 is 0 Å². The number of hydrogen-bond donors (Lipinski definition) is 1. The van der Waals surface area contributed by atoms with E-state index >= 15 is 0 Å². The number of hydrogen-bond acceptors (Lipinski definition) is 3. The zero-order chi connectivity index (χ0) is 16.8. The molecule has 1 atom stereocenters. The topological polar surface area (TPSA) is 62.3 Å². The predicted octanol–water partition coefficient (Wildman–Crippen LogP) is 2.88. The number of nitrogens with zero attached hydrogens (tertiary/aromatic N) is 2. The normalized spacial score (nSPS) is 18.0. The lowest BCUT2D eigenvalue weighted by atomic mass is 10.0. The van der Waals surface area contributed by atoms with Gasteiger partial charge in [0, 0.05) is 19.3 Å². The van der Waals surface area contributed by atoms with Crippen LogP contribution in [0, 0.1) is 0 Å². The zero-order valence-corrected chi connectivity index (χ0v) is 14.5. The highest BCUT2D eigenvalue weighted by molar-refractivity contribution is 7.87. The van der Waals surface area contributed by atoms with Crippen molar-refractivity contribution >= 4 is 10.2 Å². The average Bonchev–Trinajstić information content (AvgIpc) is 2.91. The van der Waals surface area contributed by atoms with E-state index in [-0.39, 0.29) is 0 Å². The first kappa shape index (κ1) is 17.1. The van der Waals surface area contributed by atoms with Crippen molar-refractivity contribution in [2.24, 2.45) is 0 Å². The minimum absolute atomic E-state index is 0.486. The van der Waals surface area contributed by atoms with Crippen molar-refractivity contribution in [3.8, 4) is 0 Å². The molecule has 2 heterocycles. The van der Waals surface area contributed by atoms with E-state index in [1.807, 2.05) is 48.5 Å². The van der Waals surface area contributed by atoms with Crippen LogP contribution in [0.3, 0.4) is 0 Å². The van der Waals surface area contributed by atoms with Gasteiger partial charge in [0.2, 0.25) is 0 Å².